The third kappa shape index (κ3) is 3.18. The predicted octanol–water partition coefficient (Wildman–Crippen LogP) is 4.99. The number of nitrogens with zero attached hydrogens (tertiary/aromatic N) is 3. The molecule has 0 fully saturated rings. The number of benzene rings is 3. The van der Waals surface area contributed by atoms with Gasteiger partial charge in [0, 0.05) is 11.1 Å². The Morgan fingerprint density at radius 2 is 1.62 bits per heavy atom. The van der Waals surface area contributed by atoms with E-state index in [1.807, 2.05) is 47.1 Å². The molecular formula is C26H21FN4O3. The van der Waals surface area contributed by atoms with Crippen LogP contribution < -0.4 is 19.5 Å². The van der Waals surface area contributed by atoms with E-state index in [9.17, 15) is 4.39 Å². The zero-order chi connectivity index (χ0) is 23.2. The maximum atomic E-state index is 13.8. The van der Waals surface area contributed by atoms with Gasteiger partial charge in [0.05, 0.1) is 19.9 Å². The highest BCUT2D eigenvalue weighted by Crippen LogP contribution is 2.51. The van der Waals surface area contributed by atoms with Crippen molar-refractivity contribution in [2.75, 3.05) is 19.5 Å². The summed E-state index contributed by atoms with van der Waals surface area (Å²) >= 11 is 0. The highest BCUT2D eigenvalue weighted by atomic mass is 19.1. The zero-order valence-corrected chi connectivity index (χ0v) is 18.5. The second kappa shape index (κ2) is 7.91. The van der Waals surface area contributed by atoms with Gasteiger partial charge in [-0.2, -0.15) is 10.1 Å². The third-order valence-electron chi connectivity index (χ3n) is 6.23. The summed E-state index contributed by atoms with van der Waals surface area (Å²) in [6.07, 6.45) is 1.05. The molecule has 0 radical (unpaired) electrons. The summed E-state index contributed by atoms with van der Waals surface area (Å²) in [5.41, 5.74) is 4.50. The minimum Gasteiger partial charge on any atom is -0.497 e. The normalized spacial score (nSPS) is 18.2. The molecule has 2 aliphatic rings. The SMILES string of the molecule is COc1ccc([C@@H]2C3=C(Nc4ncnn42)c2cc(OC)ccc2O[C@@H]3c2ccc(F)cc2)cc1. The first kappa shape index (κ1) is 20.3. The standard InChI is InChI=1S/C26H21FN4O3/c1-32-18-9-5-15(6-10-18)24-22-23(30-26-28-14-29-31(24)26)20-13-19(33-2)11-12-21(20)34-25(22)16-3-7-17(27)8-4-16/h3-14,24-25H,1-2H3,(H,28,29,30)/t24-,25-/m1/s1. The van der Waals surface area contributed by atoms with Crippen LogP contribution in [0.2, 0.25) is 0 Å². The summed E-state index contributed by atoms with van der Waals surface area (Å²) in [6.45, 7) is 0. The van der Waals surface area contributed by atoms with E-state index in [4.69, 9.17) is 14.2 Å². The van der Waals surface area contributed by atoms with Crippen LogP contribution in [0, 0.1) is 5.82 Å². The van der Waals surface area contributed by atoms with Crippen LogP contribution in [0.25, 0.3) is 5.70 Å². The molecule has 1 N–H and O–H groups in total. The Morgan fingerprint density at radius 3 is 2.35 bits per heavy atom. The summed E-state index contributed by atoms with van der Waals surface area (Å²) in [6, 6.07) is 19.6. The molecule has 170 valence electrons. The van der Waals surface area contributed by atoms with Gasteiger partial charge in [-0.05, 0) is 53.6 Å². The van der Waals surface area contributed by atoms with E-state index in [1.54, 1.807) is 26.4 Å². The lowest BCUT2D eigenvalue weighted by Gasteiger charge is -2.39. The van der Waals surface area contributed by atoms with Gasteiger partial charge in [0.1, 0.15) is 41.5 Å². The van der Waals surface area contributed by atoms with E-state index >= 15 is 0 Å². The number of nitrogens with one attached hydrogen (secondary N) is 1. The number of aromatic nitrogens is 3. The Hall–Kier alpha value is -4.33. The van der Waals surface area contributed by atoms with Gasteiger partial charge in [0.2, 0.25) is 5.95 Å². The van der Waals surface area contributed by atoms with Crippen LogP contribution in [0.4, 0.5) is 10.3 Å². The maximum absolute atomic E-state index is 13.8. The molecule has 0 saturated carbocycles. The third-order valence-corrected chi connectivity index (χ3v) is 6.23. The van der Waals surface area contributed by atoms with Gasteiger partial charge in [-0.15, -0.1) is 0 Å². The molecule has 7 nitrogen and oxygen atoms in total. The van der Waals surface area contributed by atoms with Gasteiger partial charge in [-0.3, -0.25) is 0 Å². The largest absolute Gasteiger partial charge is 0.497 e. The summed E-state index contributed by atoms with van der Waals surface area (Å²) in [5, 5.41) is 7.97. The smallest absolute Gasteiger partial charge is 0.226 e. The molecule has 0 amide bonds. The van der Waals surface area contributed by atoms with Crippen LogP contribution in [-0.4, -0.2) is 29.0 Å². The van der Waals surface area contributed by atoms with Gasteiger partial charge in [-0.25, -0.2) is 9.07 Å². The van der Waals surface area contributed by atoms with E-state index in [2.05, 4.69) is 15.4 Å². The van der Waals surface area contributed by atoms with Crippen molar-refractivity contribution in [3.05, 3.63) is 101 Å². The van der Waals surface area contributed by atoms with E-state index in [1.165, 1.54) is 18.5 Å². The average molecular weight is 456 g/mol. The first-order valence-electron chi connectivity index (χ1n) is 10.8. The molecule has 3 heterocycles. The van der Waals surface area contributed by atoms with Crippen LogP contribution in [0.5, 0.6) is 17.2 Å². The fourth-order valence-electron chi connectivity index (χ4n) is 4.60. The lowest BCUT2D eigenvalue weighted by molar-refractivity contribution is 0.222. The van der Waals surface area contributed by atoms with Crippen molar-refractivity contribution in [2.45, 2.75) is 12.1 Å². The number of ether oxygens (including phenoxy) is 3. The number of halogens is 1. The Bertz CT molecular complexity index is 1400. The minimum atomic E-state index is -0.478. The topological polar surface area (TPSA) is 70.4 Å². The molecule has 0 unspecified atom stereocenters. The Balaban J connectivity index is 1.61. The Labute approximate surface area is 195 Å². The average Bonchev–Trinajstić information content (AvgIpc) is 3.35. The molecule has 2 aliphatic heterocycles. The molecule has 6 rings (SSSR count). The molecule has 34 heavy (non-hydrogen) atoms. The van der Waals surface area contributed by atoms with E-state index in [-0.39, 0.29) is 11.9 Å². The molecule has 3 aromatic carbocycles. The number of rotatable bonds is 4. The fraction of sp³-hybridized carbons (Fsp3) is 0.154. The van der Waals surface area contributed by atoms with Gasteiger partial charge in [0.25, 0.3) is 0 Å². The maximum Gasteiger partial charge on any atom is 0.226 e. The quantitative estimate of drug-likeness (QED) is 0.466. The number of fused-ring (bicyclic) bond motifs is 3. The molecule has 0 saturated heterocycles. The lowest BCUT2D eigenvalue weighted by Crippen LogP contribution is -2.32. The van der Waals surface area contributed by atoms with Crippen molar-refractivity contribution < 1.29 is 18.6 Å². The van der Waals surface area contributed by atoms with E-state index in [0.29, 0.717) is 17.4 Å². The van der Waals surface area contributed by atoms with Crippen molar-refractivity contribution in [3.63, 3.8) is 0 Å². The monoisotopic (exact) mass is 456 g/mol. The second-order valence-corrected chi connectivity index (χ2v) is 8.07. The molecule has 4 aromatic rings. The van der Waals surface area contributed by atoms with Gasteiger partial charge in [-0.1, -0.05) is 24.3 Å². The Morgan fingerprint density at radius 1 is 0.912 bits per heavy atom. The minimum absolute atomic E-state index is 0.300. The van der Waals surface area contributed by atoms with Crippen LogP contribution in [0.15, 0.2) is 78.6 Å². The molecular weight excluding hydrogens is 435 g/mol. The summed E-state index contributed by atoms with van der Waals surface area (Å²) in [7, 11) is 3.27. The second-order valence-electron chi connectivity index (χ2n) is 8.07. The predicted molar refractivity (Wildman–Crippen MR) is 124 cm³/mol. The number of hydrogen-bond donors (Lipinski definition) is 1. The van der Waals surface area contributed by atoms with Crippen LogP contribution in [0.1, 0.15) is 28.8 Å². The van der Waals surface area contributed by atoms with Crippen molar-refractivity contribution in [1.29, 1.82) is 0 Å². The summed E-state index contributed by atoms with van der Waals surface area (Å²) < 4.78 is 33.0. The lowest BCUT2D eigenvalue weighted by atomic mass is 9.84. The summed E-state index contributed by atoms with van der Waals surface area (Å²) in [4.78, 5) is 4.44. The van der Waals surface area contributed by atoms with E-state index in [0.717, 1.165) is 33.7 Å². The molecule has 8 heteroatoms. The van der Waals surface area contributed by atoms with Gasteiger partial charge < -0.3 is 19.5 Å². The number of anilines is 1. The van der Waals surface area contributed by atoms with E-state index < -0.39 is 6.10 Å². The highest BCUT2D eigenvalue weighted by Gasteiger charge is 2.41. The van der Waals surface area contributed by atoms with Crippen LogP contribution >= 0.6 is 0 Å². The number of methoxy groups -OCH3 is 2. The van der Waals surface area contributed by atoms with Gasteiger partial charge >= 0.3 is 0 Å². The molecule has 0 spiro atoms. The Kier molecular flexibility index (Phi) is 4.72. The van der Waals surface area contributed by atoms with Crippen molar-refractivity contribution in [3.8, 4) is 17.2 Å². The summed E-state index contributed by atoms with van der Waals surface area (Å²) in [5.74, 6) is 2.49. The fourth-order valence-corrected chi connectivity index (χ4v) is 4.60. The first-order chi connectivity index (χ1) is 16.7. The first-order valence-corrected chi connectivity index (χ1v) is 10.8. The van der Waals surface area contributed by atoms with Crippen molar-refractivity contribution in [1.82, 2.24) is 14.8 Å². The van der Waals surface area contributed by atoms with Crippen molar-refractivity contribution in [2.24, 2.45) is 0 Å². The van der Waals surface area contributed by atoms with Crippen molar-refractivity contribution >= 4 is 11.6 Å². The molecule has 0 bridgehead atoms. The molecule has 0 aliphatic carbocycles. The zero-order valence-electron chi connectivity index (χ0n) is 18.5. The molecule has 2 atom stereocenters. The van der Waals surface area contributed by atoms with Crippen LogP contribution in [-0.2, 0) is 0 Å². The molecule has 1 aromatic heterocycles. The highest BCUT2D eigenvalue weighted by molar-refractivity contribution is 5.85. The number of hydrogen-bond acceptors (Lipinski definition) is 6. The van der Waals surface area contributed by atoms with Gasteiger partial charge in [0.15, 0.2) is 0 Å². The van der Waals surface area contributed by atoms with Crippen LogP contribution in [0.3, 0.4) is 0 Å².